The Morgan fingerprint density at radius 1 is 0.724 bits per heavy atom. The van der Waals surface area contributed by atoms with E-state index in [4.69, 9.17) is 5.73 Å². The zero-order chi connectivity index (χ0) is 20.2. The van der Waals surface area contributed by atoms with Gasteiger partial charge in [0.05, 0.1) is 17.8 Å². The fourth-order valence-corrected chi connectivity index (χ4v) is 4.40. The van der Waals surface area contributed by atoms with Crippen molar-refractivity contribution in [3.05, 3.63) is 114 Å². The molecule has 4 nitrogen and oxygen atoms in total. The molecule has 4 aromatic rings. The summed E-state index contributed by atoms with van der Waals surface area (Å²) in [7, 11) is 0. The van der Waals surface area contributed by atoms with Gasteiger partial charge in [-0.25, -0.2) is 4.21 Å². The van der Waals surface area contributed by atoms with E-state index >= 15 is 0 Å². The van der Waals surface area contributed by atoms with E-state index in [0.717, 1.165) is 21.9 Å². The number of hydrogen-bond donors (Lipinski definition) is 2. The number of anilines is 1. The Bertz CT molecular complexity index is 1120. The maximum absolute atomic E-state index is 12.6. The number of hydrogen-bond acceptors (Lipinski definition) is 2. The fourth-order valence-electron chi connectivity index (χ4n) is 3.66. The van der Waals surface area contributed by atoms with Crippen LogP contribution in [0.4, 0.5) is 5.69 Å². The summed E-state index contributed by atoms with van der Waals surface area (Å²) in [5, 5.41) is 2.07. The van der Waals surface area contributed by atoms with Gasteiger partial charge in [-0.05, 0) is 34.0 Å². The van der Waals surface area contributed by atoms with Crippen LogP contribution in [0.3, 0.4) is 0 Å². The van der Waals surface area contributed by atoms with Gasteiger partial charge in [0.25, 0.3) is 11.3 Å². The third kappa shape index (κ3) is 4.07. The smallest absolute Gasteiger partial charge is 0.262 e. The predicted molar refractivity (Wildman–Crippen MR) is 120 cm³/mol. The maximum atomic E-state index is 12.6. The first-order chi connectivity index (χ1) is 14.1. The molecule has 0 amide bonds. The third-order valence-electron chi connectivity index (χ3n) is 5.07. The van der Waals surface area contributed by atoms with Crippen LogP contribution < -0.4 is 10.0 Å². The highest BCUT2D eigenvalue weighted by Gasteiger charge is 2.31. The second-order valence-electron chi connectivity index (χ2n) is 6.88. The van der Waals surface area contributed by atoms with E-state index in [-0.39, 0.29) is 0 Å². The lowest BCUT2D eigenvalue weighted by Crippen LogP contribution is -2.37. The molecule has 29 heavy (non-hydrogen) atoms. The maximum Gasteiger partial charge on any atom is 0.262 e. The Kier molecular flexibility index (Phi) is 5.71. The highest BCUT2D eigenvalue weighted by atomic mass is 32.2. The van der Waals surface area contributed by atoms with Crippen LogP contribution in [0.15, 0.2) is 103 Å². The summed E-state index contributed by atoms with van der Waals surface area (Å²) in [6, 6.07) is 32.0. The largest absolute Gasteiger partial charge is 0.322 e. The molecule has 0 aromatic heterocycles. The van der Waals surface area contributed by atoms with Gasteiger partial charge in [-0.1, -0.05) is 91.0 Å². The van der Waals surface area contributed by atoms with Crippen molar-refractivity contribution in [2.45, 2.75) is 12.1 Å². The fraction of sp³-hybridized carbons (Fsp3) is 0.0833. The zero-order valence-electron chi connectivity index (χ0n) is 15.8. The van der Waals surface area contributed by atoms with Gasteiger partial charge in [0, 0.05) is 0 Å². The lowest BCUT2D eigenvalue weighted by molar-refractivity contribution is 0.520. The van der Waals surface area contributed by atoms with Crippen LogP contribution in [0.5, 0.6) is 0 Å². The molecule has 0 aliphatic heterocycles. The quantitative estimate of drug-likeness (QED) is 0.434. The predicted octanol–water partition coefficient (Wildman–Crippen LogP) is 5.22. The molecule has 0 saturated heterocycles. The minimum absolute atomic E-state index is 0.499. The molecular weight excluding hydrogens is 380 g/mol. The molecule has 0 aliphatic carbocycles. The molecule has 3 N–H and O–H groups in total. The molecular formula is C24H22N2O2S. The summed E-state index contributed by atoms with van der Waals surface area (Å²) >= 11 is -2.27. The summed E-state index contributed by atoms with van der Waals surface area (Å²) in [4.78, 5) is 0. The van der Waals surface area contributed by atoms with Gasteiger partial charge >= 0.3 is 0 Å². The highest BCUT2D eigenvalue weighted by Crippen LogP contribution is 2.37. The molecule has 0 aliphatic rings. The Balaban J connectivity index is 1.86. The molecule has 0 radical (unpaired) electrons. The number of fused-ring (bicyclic) bond motifs is 1. The molecule has 0 saturated carbocycles. The molecule has 0 heterocycles. The van der Waals surface area contributed by atoms with Gasteiger partial charge in [-0.15, -0.1) is 0 Å². The normalized spacial score (nSPS) is 14.3. The monoisotopic (exact) mass is 402 g/mol. The SMILES string of the molecule is NC(c1ccccc1)[C@@H](c1ccccc1)N(c1ccc2ccccc2c1)S(=O)O. The molecule has 146 valence electrons. The van der Waals surface area contributed by atoms with Crippen molar-refractivity contribution in [1.82, 2.24) is 0 Å². The van der Waals surface area contributed by atoms with E-state index in [1.165, 1.54) is 4.31 Å². The van der Waals surface area contributed by atoms with Crippen LogP contribution in [-0.2, 0) is 11.3 Å². The Labute approximate surface area is 173 Å². The summed E-state index contributed by atoms with van der Waals surface area (Å²) in [5.74, 6) is 0. The van der Waals surface area contributed by atoms with Gasteiger partial charge in [-0.2, -0.15) is 0 Å². The van der Waals surface area contributed by atoms with Crippen molar-refractivity contribution in [2.75, 3.05) is 4.31 Å². The van der Waals surface area contributed by atoms with Crippen molar-refractivity contribution in [2.24, 2.45) is 5.73 Å². The van der Waals surface area contributed by atoms with Gasteiger partial charge in [-0.3, -0.25) is 8.86 Å². The van der Waals surface area contributed by atoms with Crippen molar-refractivity contribution in [3.8, 4) is 0 Å². The Hall–Kier alpha value is -2.99. The van der Waals surface area contributed by atoms with Crippen LogP contribution >= 0.6 is 0 Å². The minimum Gasteiger partial charge on any atom is -0.322 e. The Morgan fingerprint density at radius 3 is 1.90 bits per heavy atom. The van der Waals surface area contributed by atoms with Gasteiger partial charge in [0.2, 0.25) is 0 Å². The average molecular weight is 403 g/mol. The molecule has 0 spiro atoms. The summed E-state index contributed by atoms with van der Waals surface area (Å²) in [6.07, 6.45) is 0. The first-order valence-corrected chi connectivity index (χ1v) is 10.5. The molecule has 4 rings (SSSR count). The van der Waals surface area contributed by atoms with E-state index in [1.54, 1.807) is 0 Å². The number of nitrogens with zero attached hydrogens (tertiary/aromatic N) is 1. The van der Waals surface area contributed by atoms with Crippen LogP contribution in [0, 0.1) is 0 Å². The van der Waals surface area contributed by atoms with E-state index < -0.39 is 23.4 Å². The molecule has 5 heteroatoms. The average Bonchev–Trinajstić information content (AvgIpc) is 2.77. The van der Waals surface area contributed by atoms with E-state index in [0.29, 0.717) is 5.69 Å². The summed E-state index contributed by atoms with van der Waals surface area (Å²) in [5.41, 5.74) is 9.09. The van der Waals surface area contributed by atoms with Crippen LogP contribution in [0.1, 0.15) is 23.2 Å². The Morgan fingerprint density at radius 2 is 1.28 bits per heavy atom. The van der Waals surface area contributed by atoms with Gasteiger partial charge < -0.3 is 5.73 Å². The summed E-state index contributed by atoms with van der Waals surface area (Å²) < 4.78 is 24.4. The van der Waals surface area contributed by atoms with Crippen LogP contribution in [0.2, 0.25) is 0 Å². The number of rotatable bonds is 6. The van der Waals surface area contributed by atoms with Crippen LogP contribution in [-0.4, -0.2) is 8.76 Å². The molecule has 0 fully saturated rings. The third-order valence-corrected chi connectivity index (χ3v) is 5.85. The highest BCUT2D eigenvalue weighted by molar-refractivity contribution is 7.80. The zero-order valence-corrected chi connectivity index (χ0v) is 16.6. The van der Waals surface area contributed by atoms with Gasteiger partial charge in [0.15, 0.2) is 0 Å². The summed E-state index contributed by atoms with van der Waals surface area (Å²) in [6.45, 7) is 0. The van der Waals surface area contributed by atoms with Gasteiger partial charge in [0.1, 0.15) is 0 Å². The molecule has 3 atom stereocenters. The first-order valence-electron chi connectivity index (χ1n) is 9.39. The standard InChI is InChI=1S/C24H22N2O2S/c25-23(19-10-3-1-4-11-19)24(20-12-5-2-6-13-20)26(29(27)28)22-16-15-18-9-7-8-14-21(18)17-22/h1-17,23-24H,25H2,(H,27,28)/t23?,24-/m1/s1. The lowest BCUT2D eigenvalue weighted by atomic mass is 9.93. The van der Waals surface area contributed by atoms with Crippen molar-refractivity contribution in [3.63, 3.8) is 0 Å². The second kappa shape index (κ2) is 8.57. The molecule has 0 bridgehead atoms. The number of benzene rings is 4. The van der Waals surface area contributed by atoms with Crippen molar-refractivity contribution in [1.29, 1.82) is 0 Å². The lowest BCUT2D eigenvalue weighted by Gasteiger charge is -2.34. The molecule has 4 aromatic carbocycles. The first kappa shape index (κ1) is 19.3. The van der Waals surface area contributed by atoms with Crippen molar-refractivity contribution >= 4 is 27.7 Å². The number of nitrogens with two attached hydrogens (primary N) is 1. The topological polar surface area (TPSA) is 66.6 Å². The van der Waals surface area contributed by atoms with Crippen molar-refractivity contribution < 1.29 is 8.76 Å². The molecule has 2 unspecified atom stereocenters. The minimum atomic E-state index is -2.27. The van der Waals surface area contributed by atoms with E-state index in [2.05, 4.69) is 0 Å². The van der Waals surface area contributed by atoms with Crippen LogP contribution in [0.25, 0.3) is 10.8 Å². The second-order valence-corrected chi connectivity index (χ2v) is 7.73. The van der Waals surface area contributed by atoms with E-state index in [9.17, 15) is 8.76 Å². The van der Waals surface area contributed by atoms with E-state index in [1.807, 2.05) is 103 Å².